The van der Waals surface area contributed by atoms with E-state index in [9.17, 15) is 19.6 Å². The maximum Gasteiger partial charge on any atom is 0.413 e. The van der Waals surface area contributed by atoms with E-state index in [1.54, 1.807) is 46.0 Å². The number of fused-ring (bicyclic) bond motifs is 1. The Morgan fingerprint density at radius 3 is 2.50 bits per heavy atom. The molecule has 3 amide bonds. The quantitative estimate of drug-likeness (QED) is 0.299. The number of amides is 3. The summed E-state index contributed by atoms with van der Waals surface area (Å²) in [4.78, 5) is 46.2. The first-order chi connectivity index (χ1) is 19.7. The standard InChI is InChI=1S/C30H32N8O4/c1-16-7-20-9-19(10-21(11-31)25(20)33-12-16)14-38-15-23(26(37-38)27(32)39)28(40)34-13-22-17(2)8-24(35-18(22)3)36-29(41)42-30(4,5)6/h7-10,12,15H,13-14H2,1-6H3,(H2,32,39)(H,34,40)(H,35,36,41). The van der Waals surface area contributed by atoms with Gasteiger partial charge in [0.25, 0.3) is 11.8 Å². The SMILES string of the molecule is Cc1cnc2c(C#N)cc(Cn3cc(C(=O)NCc4c(C)cc(NC(=O)OC(C)(C)C)nc4C)c(C(N)=O)n3)cc2c1. The molecule has 4 rings (SSSR count). The maximum atomic E-state index is 13.2. The van der Waals surface area contributed by atoms with E-state index in [2.05, 4.69) is 31.8 Å². The van der Waals surface area contributed by atoms with Crippen LogP contribution in [0.4, 0.5) is 10.6 Å². The van der Waals surface area contributed by atoms with Crippen LogP contribution >= 0.6 is 0 Å². The van der Waals surface area contributed by atoms with E-state index in [0.29, 0.717) is 22.6 Å². The van der Waals surface area contributed by atoms with Crippen molar-refractivity contribution in [1.82, 2.24) is 25.1 Å². The number of aromatic nitrogens is 4. The van der Waals surface area contributed by atoms with Crippen LogP contribution in [-0.2, 0) is 17.8 Å². The molecular formula is C30H32N8O4. The van der Waals surface area contributed by atoms with Crippen LogP contribution in [0.2, 0.25) is 0 Å². The molecule has 216 valence electrons. The molecule has 4 aromatic rings. The lowest BCUT2D eigenvalue weighted by Gasteiger charge is -2.20. The number of aryl methyl sites for hydroxylation is 3. The van der Waals surface area contributed by atoms with Crippen LogP contribution in [0.3, 0.4) is 0 Å². The predicted molar refractivity (Wildman–Crippen MR) is 156 cm³/mol. The minimum atomic E-state index is -0.846. The van der Waals surface area contributed by atoms with Crippen LogP contribution in [0.25, 0.3) is 10.9 Å². The number of nitriles is 1. The van der Waals surface area contributed by atoms with Gasteiger partial charge in [0.1, 0.15) is 17.5 Å². The number of ether oxygens (including phenoxy) is 1. The summed E-state index contributed by atoms with van der Waals surface area (Å²) in [5.74, 6) is -1.06. The largest absolute Gasteiger partial charge is 0.444 e. The second kappa shape index (κ2) is 11.7. The Kier molecular flexibility index (Phi) is 8.24. The van der Waals surface area contributed by atoms with Crippen LogP contribution in [0.15, 0.2) is 36.7 Å². The van der Waals surface area contributed by atoms with Gasteiger partial charge in [-0.05, 0) is 88.1 Å². The molecule has 0 saturated heterocycles. The fourth-order valence-corrected chi connectivity index (χ4v) is 4.50. The third-order valence-corrected chi connectivity index (χ3v) is 6.29. The van der Waals surface area contributed by atoms with E-state index in [0.717, 1.165) is 27.6 Å². The van der Waals surface area contributed by atoms with Gasteiger partial charge in [-0.15, -0.1) is 0 Å². The van der Waals surface area contributed by atoms with E-state index in [1.165, 1.54) is 10.9 Å². The van der Waals surface area contributed by atoms with Crippen LogP contribution in [0.5, 0.6) is 0 Å². The first kappa shape index (κ1) is 29.7. The van der Waals surface area contributed by atoms with E-state index >= 15 is 0 Å². The van der Waals surface area contributed by atoms with Crippen molar-refractivity contribution in [2.45, 2.75) is 60.2 Å². The van der Waals surface area contributed by atoms with Crippen molar-refractivity contribution in [2.75, 3.05) is 5.32 Å². The van der Waals surface area contributed by atoms with Crippen LogP contribution < -0.4 is 16.4 Å². The van der Waals surface area contributed by atoms with Crippen molar-refractivity contribution < 1.29 is 19.1 Å². The van der Waals surface area contributed by atoms with Gasteiger partial charge >= 0.3 is 6.09 Å². The number of nitrogens with one attached hydrogen (secondary N) is 2. The number of hydrogen-bond donors (Lipinski definition) is 3. The highest BCUT2D eigenvalue weighted by Gasteiger charge is 2.22. The Morgan fingerprint density at radius 2 is 1.86 bits per heavy atom. The first-order valence-electron chi connectivity index (χ1n) is 13.2. The topological polar surface area (TPSA) is 178 Å². The molecule has 12 heteroatoms. The number of benzene rings is 1. The molecule has 0 atom stereocenters. The minimum absolute atomic E-state index is 0.0211. The second-order valence-corrected chi connectivity index (χ2v) is 11.0. The maximum absolute atomic E-state index is 13.2. The molecule has 0 aliphatic carbocycles. The van der Waals surface area contributed by atoms with Crippen LogP contribution in [-0.4, -0.2) is 43.3 Å². The number of anilines is 1. The molecule has 0 fully saturated rings. The fraction of sp³-hybridized carbons (Fsp3) is 0.300. The molecule has 0 aliphatic heterocycles. The number of carbonyl (C=O) groups excluding carboxylic acids is 3. The molecule has 0 saturated carbocycles. The summed E-state index contributed by atoms with van der Waals surface area (Å²) in [6.07, 6.45) is 2.53. The van der Waals surface area contributed by atoms with Gasteiger partial charge in [0.05, 0.1) is 23.2 Å². The molecule has 0 unspecified atom stereocenters. The summed E-state index contributed by atoms with van der Waals surface area (Å²) in [5, 5.41) is 20.1. The monoisotopic (exact) mass is 568 g/mol. The number of nitrogens with two attached hydrogens (primary N) is 1. The number of carbonyl (C=O) groups is 3. The van der Waals surface area contributed by atoms with Crippen molar-refractivity contribution in [3.05, 3.63) is 81.4 Å². The highest BCUT2D eigenvalue weighted by atomic mass is 16.6. The molecule has 0 spiro atoms. The fourth-order valence-electron chi connectivity index (χ4n) is 4.50. The van der Waals surface area contributed by atoms with Crippen molar-refractivity contribution in [2.24, 2.45) is 5.73 Å². The van der Waals surface area contributed by atoms with Gasteiger partial charge in [-0.3, -0.25) is 24.6 Å². The summed E-state index contributed by atoms with van der Waals surface area (Å²) in [7, 11) is 0. The summed E-state index contributed by atoms with van der Waals surface area (Å²) in [6, 6.07) is 9.38. The van der Waals surface area contributed by atoms with E-state index in [4.69, 9.17) is 10.5 Å². The Bertz CT molecular complexity index is 1740. The zero-order chi connectivity index (χ0) is 30.8. The van der Waals surface area contributed by atoms with Gasteiger partial charge in [-0.1, -0.05) is 0 Å². The van der Waals surface area contributed by atoms with Crippen molar-refractivity contribution in [3.63, 3.8) is 0 Å². The first-order valence-corrected chi connectivity index (χ1v) is 13.2. The van der Waals surface area contributed by atoms with Gasteiger partial charge in [-0.2, -0.15) is 10.4 Å². The molecule has 3 aromatic heterocycles. The summed E-state index contributed by atoms with van der Waals surface area (Å²) in [5.41, 5.74) is 9.58. The molecule has 42 heavy (non-hydrogen) atoms. The molecule has 12 nitrogen and oxygen atoms in total. The van der Waals surface area contributed by atoms with Gasteiger partial charge in [0.2, 0.25) is 0 Å². The lowest BCUT2D eigenvalue weighted by atomic mass is 10.0. The van der Waals surface area contributed by atoms with Crippen LogP contribution in [0, 0.1) is 32.1 Å². The molecule has 3 heterocycles. The normalized spacial score (nSPS) is 11.2. The smallest absolute Gasteiger partial charge is 0.413 e. The summed E-state index contributed by atoms with van der Waals surface area (Å²) >= 11 is 0. The molecule has 0 bridgehead atoms. The Morgan fingerprint density at radius 1 is 1.12 bits per heavy atom. The molecule has 0 aliphatic rings. The highest BCUT2D eigenvalue weighted by molar-refractivity contribution is 6.05. The number of nitrogens with zero attached hydrogens (tertiary/aromatic N) is 5. The van der Waals surface area contributed by atoms with Crippen molar-refractivity contribution in [3.8, 4) is 6.07 Å². The second-order valence-electron chi connectivity index (χ2n) is 11.0. The highest BCUT2D eigenvalue weighted by Crippen LogP contribution is 2.22. The third kappa shape index (κ3) is 6.87. The van der Waals surface area contributed by atoms with E-state index in [1.807, 2.05) is 26.0 Å². The average molecular weight is 569 g/mol. The predicted octanol–water partition coefficient (Wildman–Crippen LogP) is 4.05. The number of pyridine rings is 2. The van der Waals surface area contributed by atoms with Crippen LogP contribution in [0.1, 0.15) is 75.1 Å². The minimum Gasteiger partial charge on any atom is -0.444 e. The Balaban J connectivity index is 1.52. The lowest BCUT2D eigenvalue weighted by molar-refractivity contribution is 0.0635. The van der Waals surface area contributed by atoms with Gasteiger partial charge in [0, 0.05) is 30.0 Å². The Hall–Kier alpha value is -5.31. The zero-order valence-electron chi connectivity index (χ0n) is 24.3. The number of hydrogen-bond acceptors (Lipinski definition) is 8. The molecule has 0 radical (unpaired) electrons. The molecule has 4 N–H and O–H groups in total. The number of primary amides is 1. The summed E-state index contributed by atoms with van der Waals surface area (Å²) < 4.78 is 6.72. The summed E-state index contributed by atoms with van der Waals surface area (Å²) in [6.45, 7) is 11.1. The van der Waals surface area contributed by atoms with Crippen molar-refractivity contribution in [1.29, 1.82) is 5.26 Å². The Labute approximate surface area is 242 Å². The molecule has 1 aromatic carbocycles. The van der Waals surface area contributed by atoms with Gasteiger partial charge < -0.3 is 15.8 Å². The van der Waals surface area contributed by atoms with Crippen molar-refractivity contribution >= 4 is 34.6 Å². The van der Waals surface area contributed by atoms with Gasteiger partial charge in [0.15, 0.2) is 5.69 Å². The number of rotatable bonds is 7. The van der Waals surface area contributed by atoms with E-state index < -0.39 is 23.5 Å². The zero-order valence-corrected chi connectivity index (χ0v) is 24.3. The lowest BCUT2D eigenvalue weighted by Crippen LogP contribution is -2.28. The van der Waals surface area contributed by atoms with Gasteiger partial charge in [-0.25, -0.2) is 9.78 Å². The average Bonchev–Trinajstić information content (AvgIpc) is 3.30. The third-order valence-electron chi connectivity index (χ3n) is 6.29. The van der Waals surface area contributed by atoms with E-state index in [-0.39, 0.29) is 24.3 Å². The molecular weight excluding hydrogens is 536 g/mol.